The van der Waals surface area contributed by atoms with Crippen molar-refractivity contribution >= 4 is 22.8 Å². The lowest BCUT2D eigenvalue weighted by molar-refractivity contribution is -0.129. The molecule has 1 aliphatic heterocycles. The molecule has 0 aliphatic carbocycles. The number of likely N-dealkylation sites (N-methyl/N-ethyl adjacent to an activating group) is 1. The number of amides is 2. The summed E-state index contributed by atoms with van der Waals surface area (Å²) in [5.74, 6) is -0.569. The number of rotatable bonds is 2. The molecule has 2 aromatic rings. The Bertz CT molecular complexity index is 783. The third-order valence-corrected chi connectivity index (χ3v) is 4.60. The summed E-state index contributed by atoms with van der Waals surface area (Å²) in [7, 11) is 1.74. The smallest absolute Gasteiger partial charge is 0.289 e. The number of hydrogen-bond donors (Lipinski definition) is 0. The van der Waals surface area contributed by atoms with E-state index in [0.29, 0.717) is 24.0 Å². The van der Waals surface area contributed by atoms with Crippen molar-refractivity contribution in [3.63, 3.8) is 0 Å². The average molecular weight is 318 g/mol. The molecule has 1 aromatic heterocycles. The van der Waals surface area contributed by atoms with Crippen LogP contribution in [0, 0.1) is 12.7 Å². The second-order valence-corrected chi connectivity index (χ2v) is 6.00. The van der Waals surface area contributed by atoms with Gasteiger partial charge in [0.25, 0.3) is 5.91 Å². The number of carbonyl (C=O) groups excluding carboxylic acids is 2. The van der Waals surface area contributed by atoms with E-state index in [0.717, 1.165) is 6.42 Å². The fourth-order valence-corrected chi connectivity index (χ4v) is 3.06. The molecule has 1 atom stereocenters. The SMILES string of the molecule is CC(=O)N(C)[C@H]1CCN(C(=O)c2oc3c(F)cccc3c2C)C1. The second-order valence-electron chi connectivity index (χ2n) is 6.00. The summed E-state index contributed by atoms with van der Waals surface area (Å²) in [6.45, 7) is 4.29. The lowest BCUT2D eigenvalue weighted by Gasteiger charge is -2.23. The molecule has 6 heteroatoms. The molecule has 5 nitrogen and oxygen atoms in total. The highest BCUT2D eigenvalue weighted by atomic mass is 19.1. The Morgan fingerprint density at radius 2 is 2.13 bits per heavy atom. The molecule has 0 saturated carbocycles. The van der Waals surface area contributed by atoms with Gasteiger partial charge in [0.05, 0.1) is 6.04 Å². The van der Waals surface area contributed by atoms with Gasteiger partial charge in [-0.05, 0) is 19.4 Å². The van der Waals surface area contributed by atoms with E-state index in [1.807, 2.05) is 0 Å². The molecule has 1 aromatic carbocycles. The number of para-hydroxylation sites is 1. The largest absolute Gasteiger partial charge is 0.448 e. The van der Waals surface area contributed by atoms with Gasteiger partial charge in [0, 0.05) is 38.0 Å². The topological polar surface area (TPSA) is 53.8 Å². The van der Waals surface area contributed by atoms with Gasteiger partial charge in [-0.25, -0.2) is 4.39 Å². The van der Waals surface area contributed by atoms with Crippen molar-refractivity contribution in [1.82, 2.24) is 9.80 Å². The minimum atomic E-state index is -0.472. The zero-order chi connectivity index (χ0) is 16.7. The zero-order valence-electron chi connectivity index (χ0n) is 13.4. The molecule has 3 rings (SSSR count). The normalized spacial score (nSPS) is 17.7. The van der Waals surface area contributed by atoms with Gasteiger partial charge in [-0.15, -0.1) is 0 Å². The summed E-state index contributed by atoms with van der Waals surface area (Å²) in [6.07, 6.45) is 0.732. The Kier molecular flexibility index (Phi) is 3.83. The third-order valence-electron chi connectivity index (χ3n) is 4.60. The predicted molar refractivity (Wildman–Crippen MR) is 83.7 cm³/mol. The number of hydrogen-bond acceptors (Lipinski definition) is 3. The molecule has 0 bridgehead atoms. The Morgan fingerprint density at radius 3 is 2.78 bits per heavy atom. The Hall–Kier alpha value is -2.37. The van der Waals surface area contributed by atoms with E-state index in [1.165, 1.54) is 13.0 Å². The highest BCUT2D eigenvalue weighted by molar-refractivity contribution is 5.99. The summed E-state index contributed by atoms with van der Waals surface area (Å²) in [6, 6.07) is 4.66. The van der Waals surface area contributed by atoms with Crippen LogP contribution in [0.2, 0.25) is 0 Å². The van der Waals surface area contributed by atoms with E-state index in [1.54, 1.807) is 35.9 Å². The number of benzene rings is 1. The van der Waals surface area contributed by atoms with E-state index in [4.69, 9.17) is 4.42 Å². The molecule has 2 heterocycles. The molecule has 1 aliphatic rings. The molecule has 0 N–H and O–H groups in total. The van der Waals surface area contributed by atoms with Gasteiger partial charge in [0.2, 0.25) is 5.91 Å². The first-order chi connectivity index (χ1) is 10.9. The number of halogens is 1. The molecule has 1 fully saturated rings. The van der Waals surface area contributed by atoms with E-state index in [9.17, 15) is 14.0 Å². The highest BCUT2D eigenvalue weighted by Crippen LogP contribution is 2.29. The van der Waals surface area contributed by atoms with E-state index in [2.05, 4.69) is 0 Å². The Morgan fingerprint density at radius 1 is 1.39 bits per heavy atom. The maximum absolute atomic E-state index is 13.8. The van der Waals surface area contributed by atoms with Crippen LogP contribution < -0.4 is 0 Å². The zero-order valence-corrected chi connectivity index (χ0v) is 13.4. The lowest BCUT2D eigenvalue weighted by Crippen LogP contribution is -2.38. The van der Waals surface area contributed by atoms with Crippen molar-refractivity contribution in [2.24, 2.45) is 0 Å². The van der Waals surface area contributed by atoms with Crippen molar-refractivity contribution in [3.8, 4) is 0 Å². The number of likely N-dealkylation sites (tertiary alicyclic amines) is 1. The maximum atomic E-state index is 13.8. The van der Waals surface area contributed by atoms with Crippen LogP contribution in [0.25, 0.3) is 11.0 Å². The molecule has 122 valence electrons. The van der Waals surface area contributed by atoms with Crippen LogP contribution in [-0.2, 0) is 4.79 Å². The summed E-state index contributed by atoms with van der Waals surface area (Å²) in [5, 5.41) is 0.616. The van der Waals surface area contributed by atoms with Crippen LogP contribution in [0.5, 0.6) is 0 Å². The first kappa shape index (κ1) is 15.5. The maximum Gasteiger partial charge on any atom is 0.289 e. The Labute approximate surface area is 133 Å². The van der Waals surface area contributed by atoms with Crippen LogP contribution in [0.3, 0.4) is 0 Å². The van der Waals surface area contributed by atoms with Gasteiger partial charge in [-0.2, -0.15) is 0 Å². The van der Waals surface area contributed by atoms with Gasteiger partial charge < -0.3 is 14.2 Å². The first-order valence-electron chi connectivity index (χ1n) is 7.60. The van der Waals surface area contributed by atoms with Crippen LogP contribution in [0.15, 0.2) is 22.6 Å². The molecular weight excluding hydrogens is 299 g/mol. The molecule has 23 heavy (non-hydrogen) atoms. The fraction of sp³-hybridized carbons (Fsp3) is 0.412. The number of aryl methyl sites for hydroxylation is 1. The van der Waals surface area contributed by atoms with Crippen molar-refractivity contribution in [2.45, 2.75) is 26.3 Å². The highest BCUT2D eigenvalue weighted by Gasteiger charge is 2.33. The van der Waals surface area contributed by atoms with Gasteiger partial charge in [0.15, 0.2) is 17.2 Å². The molecule has 0 radical (unpaired) electrons. The fourth-order valence-electron chi connectivity index (χ4n) is 3.06. The minimum Gasteiger partial charge on any atom is -0.448 e. The number of fused-ring (bicyclic) bond motifs is 1. The van der Waals surface area contributed by atoms with Gasteiger partial charge in [-0.1, -0.05) is 12.1 Å². The lowest BCUT2D eigenvalue weighted by atomic mass is 10.1. The molecule has 0 unspecified atom stereocenters. The van der Waals surface area contributed by atoms with Gasteiger partial charge in [-0.3, -0.25) is 9.59 Å². The molecule has 0 spiro atoms. The summed E-state index contributed by atoms with van der Waals surface area (Å²) in [5.41, 5.74) is 0.762. The van der Waals surface area contributed by atoms with Crippen molar-refractivity contribution in [2.75, 3.05) is 20.1 Å². The average Bonchev–Trinajstić information content (AvgIpc) is 3.12. The van der Waals surface area contributed by atoms with Crippen molar-refractivity contribution in [3.05, 3.63) is 35.3 Å². The number of furan rings is 1. The van der Waals surface area contributed by atoms with Crippen LogP contribution in [0.4, 0.5) is 4.39 Å². The summed E-state index contributed by atoms with van der Waals surface area (Å²) in [4.78, 5) is 27.5. The molecular formula is C17H19FN2O3. The molecule has 1 saturated heterocycles. The van der Waals surface area contributed by atoms with Crippen LogP contribution >= 0.6 is 0 Å². The Balaban J connectivity index is 1.86. The summed E-state index contributed by atoms with van der Waals surface area (Å²) >= 11 is 0. The second kappa shape index (κ2) is 5.68. The van der Waals surface area contributed by atoms with E-state index < -0.39 is 5.82 Å². The minimum absolute atomic E-state index is 0.0119. The van der Waals surface area contributed by atoms with Gasteiger partial charge in [0.1, 0.15) is 0 Å². The number of nitrogens with zero attached hydrogens (tertiary/aromatic N) is 2. The number of carbonyl (C=O) groups is 2. The van der Waals surface area contributed by atoms with Gasteiger partial charge >= 0.3 is 0 Å². The predicted octanol–water partition coefficient (Wildman–Crippen LogP) is 2.57. The van der Waals surface area contributed by atoms with Crippen molar-refractivity contribution in [1.29, 1.82) is 0 Å². The van der Waals surface area contributed by atoms with Crippen LogP contribution in [-0.4, -0.2) is 47.8 Å². The van der Waals surface area contributed by atoms with E-state index in [-0.39, 0.29) is 29.2 Å². The van der Waals surface area contributed by atoms with Crippen LogP contribution in [0.1, 0.15) is 29.5 Å². The first-order valence-corrected chi connectivity index (χ1v) is 7.60. The third kappa shape index (κ3) is 2.58. The van der Waals surface area contributed by atoms with E-state index >= 15 is 0 Å². The van der Waals surface area contributed by atoms with Crippen molar-refractivity contribution < 1.29 is 18.4 Å². The standard InChI is InChI=1S/C17H19FN2O3/c1-10-13-5-4-6-14(18)16(13)23-15(10)17(22)20-8-7-12(9-20)19(3)11(2)21/h4-6,12H,7-9H2,1-3H3/t12-/m0/s1. The quantitative estimate of drug-likeness (QED) is 0.855. The summed E-state index contributed by atoms with van der Waals surface area (Å²) < 4.78 is 19.3. The monoisotopic (exact) mass is 318 g/mol. The molecule has 2 amide bonds.